The molecule has 6 heteroatoms. The van der Waals surface area contributed by atoms with Gasteiger partial charge in [0, 0.05) is 50.3 Å². The summed E-state index contributed by atoms with van der Waals surface area (Å²) in [4.78, 5) is 16.8. The van der Waals surface area contributed by atoms with Crippen LogP contribution < -0.4 is 10.1 Å². The first-order chi connectivity index (χ1) is 11.1. The van der Waals surface area contributed by atoms with Crippen LogP contribution >= 0.6 is 11.6 Å². The molecule has 0 aromatic heterocycles. The van der Waals surface area contributed by atoms with Crippen molar-refractivity contribution in [3.05, 3.63) is 28.8 Å². The largest absolute Gasteiger partial charge is 0.484 e. The summed E-state index contributed by atoms with van der Waals surface area (Å²) in [5, 5.41) is 4.08. The van der Waals surface area contributed by atoms with Crippen molar-refractivity contribution < 1.29 is 9.53 Å². The average Bonchev–Trinajstić information content (AvgIpc) is 3.06. The number of benzene rings is 1. The number of amides is 1. The number of aryl methyl sites for hydroxylation is 1. The van der Waals surface area contributed by atoms with E-state index in [-0.39, 0.29) is 12.5 Å². The molecule has 23 heavy (non-hydrogen) atoms. The lowest BCUT2D eigenvalue weighted by Gasteiger charge is -2.32. The van der Waals surface area contributed by atoms with Gasteiger partial charge in [-0.2, -0.15) is 0 Å². The first kappa shape index (κ1) is 16.6. The second-order valence-corrected chi connectivity index (χ2v) is 6.68. The van der Waals surface area contributed by atoms with Gasteiger partial charge in [-0.15, -0.1) is 0 Å². The zero-order valence-electron chi connectivity index (χ0n) is 13.6. The van der Waals surface area contributed by atoms with Gasteiger partial charge in [0.2, 0.25) is 0 Å². The fraction of sp³-hybridized carbons (Fsp3) is 0.588. The Kier molecular flexibility index (Phi) is 5.41. The van der Waals surface area contributed by atoms with Gasteiger partial charge in [-0.25, -0.2) is 0 Å². The van der Waals surface area contributed by atoms with Crippen LogP contribution in [0.1, 0.15) is 12.0 Å². The number of likely N-dealkylation sites (tertiary alicyclic amines) is 1. The van der Waals surface area contributed by atoms with Crippen LogP contribution in [-0.2, 0) is 4.79 Å². The molecule has 3 rings (SSSR count). The van der Waals surface area contributed by atoms with Crippen molar-refractivity contribution >= 4 is 17.5 Å². The minimum absolute atomic E-state index is 0.0650. The molecule has 1 aromatic carbocycles. The Hall–Kier alpha value is -1.30. The van der Waals surface area contributed by atoms with Crippen LogP contribution in [-0.4, -0.2) is 67.6 Å². The number of ether oxygens (including phenoxy) is 1. The zero-order valence-corrected chi connectivity index (χ0v) is 14.3. The van der Waals surface area contributed by atoms with Crippen molar-refractivity contribution in [3.8, 4) is 5.75 Å². The van der Waals surface area contributed by atoms with Gasteiger partial charge < -0.3 is 15.0 Å². The number of nitrogens with zero attached hydrogens (tertiary/aromatic N) is 2. The van der Waals surface area contributed by atoms with E-state index < -0.39 is 0 Å². The number of carbonyl (C=O) groups excluding carboxylic acids is 1. The van der Waals surface area contributed by atoms with Gasteiger partial charge in [0.1, 0.15) is 5.75 Å². The summed E-state index contributed by atoms with van der Waals surface area (Å²) in [7, 11) is 0. The molecule has 0 bridgehead atoms. The number of piperazine rings is 1. The van der Waals surface area contributed by atoms with E-state index in [2.05, 4.69) is 10.2 Å². The second-order valence-electron chi connectivity index (χ2n) is 6.27. The normalized spacial score (nSPS) is 22.3. The number of carbonyl (C=O) groups is 1. The molecule has 2 aliphatic heterocycles. The van der Waals surface area contributed by atoms with Crippen LogP contribution in [0.5, 0.6) is 5.75 Å². The molecule has 5 nitrogen and oxygen atoms in total. The molecule has 1 unspecified atom stereocenters. The molecule has 0 saturated carbocycles. The van der Waals surface area contributed by atoms with Crippen molar-refractivity contribution in [2.24, 2.45) is 0 Å². The number of halogens is 1. The molecular formula is C17H24ClN3O2. The third-order valence-electron chi connectivity index (χ3n) is 4.68. The van der Waals surface area contributed by atoms with E-state index in [0.29, 0.717) is 16.8 Å². The van der Waals surface area contributed by atoms with E-state index in [9.17, 15) is 4.79 Å². The van der Waals surface area contributed by atoms with Gasteiger partial charge in [0.25, 0.3) is 5.91 Å². The Balaban J connectivity index is 1.48. The third kappa shape index (κ3) is 4.16. The maximum Gasteiger partial charge on any atom is 0.260 e. The molecule has 2 saturated heterocycles. The van der Waals surface area contributed by atoms with Crippen LogP contribution in [0.15, 0.2) is 18.2 Å². The molecule has 1 amide bonds. The van der Waals surface area contributed by atoms with Crippen LogP contribution in [0, 0.1) is 6.92 Å². The van der Waals surface area contributed by atoms with Crippen LogP contribution in [0.4, 0.5) is 0 Å². The maximum absolute atomic E-state index is 12.3. The predicted molar refractivity (Wildman–Crippen MR) is 91.1 cm³/mol. The molecular weight excluding hydrogens is 314 g/mol. The quantitative estimate of drug-likeness (QED) is 0.905. The lowest BCUT2D eigenvalue weighted by molar-refractivity contribution is -0.132. The molecule has 2 aliphatic rings. The Bertz CT molecular complexity index is 561. The second kappa shape index (κ2) is 7.51. The van der Waals surface area contributed by atoms with E-state index in [0.717, 1.165) is 51.3 Å². The van der Waals surface area contributed by atoms with Gasteiger partial charge >= 0.3 is 0 Å². The highest BCUT2D eigenvalue weighted by atomic mass is 35.5. The SMILES string of the molecule is Cc1cc(OCC(=O)N2CCC(N3CCNCC3)C2)ccc1Cl. The Labute approximate surface area is 142 Å². The summed E-state index contributed by atoms with van der Waals surface area (Å²) in [6.07, 6.45) is 1.06. The number of hydrogen-bond donors (Lipinski definition) is 1. The highest BCUT2D eigenvalue weighted by Crippen LogP contribution is 2.21. The molecule has 126 valence electrons. The van der Waals surface area contributed by atoms with E-state index in [1.807, 2.05) is 17.9 Å². The van der Waals surface area contributed by atoms with Gasteiger partial charge in [0.15, 0.2) is 6.61 Å². The number of rotatable bonds is 4. The molecule has 0 aliphatic carbocycles. The molecule has 0 radical (unpaired) electrons. The molecule has 2 fully saturated rings. The minimum Gasteiger partial charge on any atom is -0.484 e. The highest BCUT2D eigenvalue weighted by Gasteiger charge is 2.30. The van der Waals surface area contributed by atoms with Crippen LogP contribution in [0.3, 0.4) is 0 Å². The predicted octanol–water partition coefficient (Wildman–Crippen LogP) is 1.53. The standard InChI is InChI=1S/C17H24ClN3O2/c1-13-10-15(2-3-16(13)18)23-12-17(22)21-7-4-14(11-21)20-8-5-19-6-9-20/h2-3,10,14,19H,4-9,11-12H2,1H3. The fourth-order valence-electron chi connectivity index (χ4n) is 3.26. The summed E-state index contributed by atoms with van der Waals surface area (Å²) < 4.78 is 5.62. The third-order valence-corrected chi connectivity index (χ3v) is 5.10. The zero-order chi connectivity index (χ0) is 16.2. The Morgan fingerprint density at radius 1 is 1.35 bits per heavy atom. The molecule has 1 N–H and O–H groups in total. The summed E-state index contributed by atoms with van der Waals surface area (Å²) in [6.45, 7) is 7.91. The van der Waals surface area contributed by atoms with Gasteiger partial charge in [-0.1, -0.05) is 11.6 Å². The molecule has 1 aromatic rings. The van der Waals surface area contributed by atoms with Crippen molar-refractivity contribution in [1.82, 2.24) is 15.1 Å². The topological polar surface area (TPSA) is 44.8 Å². The summed E-state index contributed by atoms with van der Waals surface area (Å²) in [5.41, 5.74) is 0.955. The van der Waals surface area contributed by atoms with Crippen molar-refractivity contribution in [1.29, 1.82) is 0 Å². The van der Waals surface area contributed by atoms with E-state index in [1.165, 1.54) is 0 Å². The fourth-order valence-corrected chi connectivity index (χ4v) is 3.37. The van der Waals surface area contributed by atoms with E-state index in [1.54, 1.807) is 12.1 Å². The first-order valence-electron chi connectivity index (χ1n) is 8.25. The van der Waals surface area contributed by atoms with Gasteiger partial charge in [-0.3, -0.25) is 9.69 Å². The van der Waals surface area contributed by atoms with E-state index >= 15 is 0 Å². The first-order valence-corrected chi connectivity index (χ1v) is 8.63. The lowest BCUT2D eigenvalue weighted by atomic mass is 10.2. The number of nitrogens with one attached hydrogen (secondary N) is 1. The van der Waals surface area contributed by atoms with Gasteiger partial charge in [-0.05, 0) is 37.1 Å². The smallest absolute Gasteiger partial charge is 0.260 e. The summed E-state index contributed by atoms with van der Waals surface area (Å²) >= 11 is 6.00. The highest BCUT2D eigenvalue weighted by molar-refractivity contribution is 6.31. The monoisotopic (exact) mass is 337 g/mol. The Morgan fingerprint density at radius 2 is 2.13 bits per heavy atom. The molecule has 1 atom stereocenters. The summed E-state index contributed by atoms with van der Waals surface area (Å²) in [6, 6.07) is 5.96. The van der Waals surface area contributed by atoms with Crippen molar-refractivity contribution in [2.75, 3.05) is 45.9 Å². The number of hydrogen-bond acceptors (Lipinski definition) is 4. The van der Waals surface area contributed by atoms with Crippen LogP contribution in [0.2, 0.25) is 5.02 Å². The summed E-state index contributed by atoms with van der Waals surface area (Å²) in [5.74, 6) is 0.758. The minimum atomic E-state index is 0.0650. The lowest BCUT2D eigenvalue weighted by Crippen LogP contribution is -2.49. The average molecular weight is 338 g/mol. The molecule has 0 spiro atoms. The van der Waals surface area contributed by atoms with Crippen LogP contribution in [0.25, 0.3) is 0 Å². The van der Waals surface area contributed by atoms with Gasteiger partial charge in [0.05, 0.1) is 0 Å². The Morgan fingerprint density at radius 3 is 2.87 bits per heavy atom. The molecule has 2 heterocycles. The van der Waals surface area contributed by atoms with E-state index in [4.69, 9.17) is 16.3 Å². The van der Waals surface area contributed by atoms with Crippen molar-refractivity contribution in [3.63, 3.8) is 0 Å². The maximum atomic E-state index is 12.3. The van der Waals surface area contributed by atoms with Crippen molar-refractivity contribution in [2.45, 2.75) is 19.4 Å².